The smallest absolute Gasteiger partial charge is 0.242 e. The second-order valence-corrected chi connectivity index (χ2v) is 8.97. The lowest BCUT2D eigenvalue weighted by Crippen LogP contribution is -2.42. The lowest BCUT2D eigenvalue weighted by atomic mass is 10.1. The Morgan fingerprint density at radius 1 is 1.00 bits per heavy atom. The van der Waals surface area contributed by atoms with Gasteiger partial charge in [0.05, 0.1) is 6.10 Å². The Morgan fingerprint density at radius 3 is 2.47 bits per heavy atom. The molecule has 7 nitrogen and oxygen atoms in total. The van der Waals surface area contributed by atoms with E-state index in [-0.39, 0.29) is 17.8 Å². The summed E-state index contributed by atoms with van der Waals surface area (Å²) in [5.74, 6) is 0.711. The first kappa shape index (κ1) is 27.1. The number of aryl methyl sites for hydroxylation is 1. The molecule has 1 aromatic heterocycles. The molecule has 1 amide bonds. The maximum Gasteiger partial charge on any atom is 0.242 e. The highest BCUT2D eigenvalue weighted by Gasteiger charge is 2.20. The molecule has 3 N–H and O–H groups in total. The molecule has 0 radical (unpaired) electrons. The molecular weight excluding hydrogens is 457 g/mol. The highest BCUT2D eigenvalue weighted by Crippen LogP contribution is 2.14. The van der Waals surface area contributed by atoms with E-state index in [4.69, 9.17) is 4.74 Å². The zero-order chi connectivity index (χ0) is 25.8. The van der Waals surface area contributed by atoms with Crippen LogP contribution in [0, 0.1) is 12.7 Å². The van der Waals surface area contributed by atoms with E-state index >= 15 is 0 Å². The molecule has 192 valence electrons. The second kappa shape index (κ2) is 14.1. The molecule has 0 aliphatic carbocycles. The zero-order valence-electron chi connectivity index (χ0n) is 21.3. The molecular formula is C28H36FN5O2. The van der Waals surface area contributed by atoms with Gasteiger partial charge in [0.25, 0.3) is 0 Å². The maximum absolute atomic E-state index is 13.1. The van der Waals surface area contributed by atoms with Crippen molar-refractivity contribution in [3.05, 3.63) is 83.3 Å². The van der Waals surface area contributed by atoms with Crippen molar-refractivity contribution in [2.24, 2.45) is 0 Å². The van der Waals surface area contributed by atoms with Crippen LogP contribution >= 0.6 is 0 Å². The Balaban J connectivity index is 1.63. The quantitative estimate of drug-likeness (QED) is 0.286. The van der Waals surface area contributed by atoms with Gasteiger partial charge in [0, 0.05) is 37.9 Å². The third kappa shape index (κ3) is 9.62. The topological polar surface area (TPSA) is 88.2 Å². The third-order valence-corrected chi connectivity index (χ3v) is 5.46. The maximum atomic E-state index is 13.1. The minimum absolute atomic E-state index is 0.0921. The van der Waals surface area contributed by atoms with Gasteiger partial charge in [-0.05, 0) is 56.9 Å². The van der Waals surface area contributed by atoms with Gasteiger partial charge in [-0.15, -0.1) is 0 Å². The monoisotopic (exact) mass is 493 g/mol. The summed E-state index contributed by atoms with van der Waals surface area (Å²) in [5, 5.41) is 9.55. The molecule has 2 aromatic carbocycles. The molecule has 36 heavy (non-hydrogen) atoms. The summed E-state index contributed by atoms with van der Waals surface area (Å²) in [5.41, 5.74) is 2.85. The first-order valence-electron chi connectivity index (χ1n) is 12.4. The van der Waals surface area contributed by atoms with Gasteiger partial charge in [-0.1, -0.05) is 42.5 Å². The van der Waals surface area contributed by atoms with Crippen molar-refractivity contribution in [3.63, 3.8) is 0 Å². The van der Waals surface area contributed by atoms with Gasteiger partial charge in [0.15, 0.2) is 0 Å². The van der Waals surface area contributed by atoms with Crippen LogP contribution in [0.25, 0.3) is 0 Å². The van der Waals surface area contributed by atoms with Gasteiger partial charge in [-0.2, -0.15) is 4.98 Å². The summed E-state index contributed by atoms with van der Waals surface area (Å²) in [6, 6.07) is 17.7. The van der Waals surface area contributed by atoms with Crippen LogP contribution in [0.1, 0.15) is 37.1 Å². The number of ether oxygens (including phenoxy) is 1. The Morgan fingerprint density at radius 2 is 1.75 bits per heavy atom. The van der Waals surface area contributed by atoms with E-state index < -0.39 is 6.04 Å². The van der Waals surface area contributed by atoms with Gasteiger partial charge < -0.3 is 20.7 Å². The number of hydrogen-bond acceptors (Lipinski definition) is 6. The average Bonchev–Trinajstić information content (AvgIpc) is 2.85. The largest absolute Gasteiger partial charge is 0.379 e. The summed E-state index contributed by atoms with van der Waals surface area (Å²) in [6.07, 6.45) is 2.15. The van der Waals surface area contributed by atoms with Gasteiger partial charge in [0.2, 0.25) is 11.9 Å². The van der Waals surface area contributed by atoms with Crippen molar-refractivity contribution in [1.82, 2.24) is 15.3 Å². The molecule has 0 aliphatic rings. The predicted octanol–water partition coefficient (Wildman–Crippen LogP) is 4.53. The fourth-order valence-corrected chi connectivity index (χ4v) is 3.65. The Hall–Kier alpha value is -3.52. The number of anilines is 2. The second-order valence-electron chi connectivity index (χ2n) is 8.97. The van der Waals surface area contributed by atoms with Crippen molar-refractivity contribution in [2.75, 3.05) is 30.3 Å². The number of nitrogens with one attached hydrogen (secondary N) is 3. The molecule has 8 heteroatoms. The van der Waals surface area contributed by atoms with Crippen LogP contribution in [0.3, 0.4) is 0 Å². The summed E-state index contributed by atoms with van der Waals surface area (Å²) in [6.45, 7) is 7.62. The molecule has 3 rings (SSSR count). The summed E-state index contributed by atoms with van der Waals surface area (Å²) in [4.78, 5) is 22.1. The van der Waals surface area contributed by atoms with Crippen LogP contribution in [0.15, 0.2) is 60.7 Å². The van der Waals surface area contributed by atoms with E-state index in [1.54, 1.807) is 12.1 Å². The fraction of sp³-hybridized carbons (Fsp3) is 0.393. The van der Waals surface area contributed by atoms with Crippen LogP contribution in [-0.4, -0.2) is 47.7 Å². The van der Waals surface area contributed by atoms with Crippen LogP contribution < -0.4 is 16.0 Å². The number of carbonyl (C=O) groups is 1. The van der Waals surface area contributed by atoms with Gasteiger partial charge in [-0.25, -0.2) is 9.37 Å². The SMILES string of the molecule is Cc1cc(N[C@@H](Cc2ccccc2)C(=O)NCCCOC(C)C)nc(NCCc2ccc(F)cc2)n1. The first-order chi connectivity index (χ1) is 17.4. The molecule has 0 saturated heterocycles. The number of rotatable bonds is 14. The number of nitrogens with zero attached hydrogens (tertiary/aromatic N) is 2. The molecule has 0 spiro atoms. The highest BCUT2D eigenvalue weighted by molar-refractivity contribution is 5.84. The van der Waals surface area contributed by atoms with E-state index in [0.29, 0.717) is 44.3 Å². The normalized spacial score (nSPS) is 11.8. The van der Waals surface area contributed by atoms with E-state index in [9.17, 15) is 9.18 Å². The molecule has 3 aromatic rings. The van der Waals surface area contributed by atoms with Crippen molar-refractivity contribution in [3.8, 4) is 0 Å². The molecule has 1 atom stereocenters. The molecule has 0 aliphatic heterocycles. The molecule has 0 bridgehead atoms. The van der Waals surface area contributed by atoms with Crippen LogP contribution in [0.2, 0.25) is 0 Å². The number of aromatic nitrogens is 2. The number of benzene rings is 2. The average molecular weight is 494 g/mol. The lowest BCUT2D eigenvalue weighted by molar-refractivity contribution is -0.121. The van der Waals surface area contributed by atoms with E-state index in [1.165, 1.54) is 12.1 Å². The van der Waals surface area contributed by atoms with E-state index in [1.807, 2.05) is 57.2 Å². The highest BCUT2D eigenvalue weighted by atomic mass is 19.1. The van der Waals surface area contributed by atoms with Gasteiger partial charge in [0.1, 0.15) is 17.7 Å². The lowest BCUT2D eigenvalue weighted by Gasteiger charge is -2.20. The number of amides is 1. The van der Waals surface area contributed by atoms with Crippen LogP contribution in [0.5, 0.6) is 0 Å². The number of carbonyl (C=O) groups excluding carboxylic acids is 1. The molecule has 0 unspecified atom stereocenters. The Labute approximate surface area is 212 Å². The van der Waals surface area contributed by atoms with Crippen LogP contribution in [0.4, 0.5) is 16.2 Å². The Bertz CT molecular complexity index is 1080. The number of hydrogen-bond donors (Lipinski definition) is 3. The Kier molecular flexibility index (Phi) is 10.6. The number of halogens is 1. The minimum Gasteiger partial charge on any atom is -0.379 e. The first-order valence-corrected chi connectivity index (χ1v) is 12.4. The van der Waals surface area contributed by atoms with Crippen molar-refractivity contribution < 1.29 is 13.9 Å². The van der Waals surface area contributed by atoms with Crippen molar-refractivity contribution in [2.45, 2.75) is 52.2 Å². The predicted molar refractivity (Wildman–Crippen MR) is 142 cm³/mol. The van der Waals surface area contributed by atoms with Gasteiger partial charge >= 0.3 is 0 Å². The molecule has 0 saturated carbocycles. The molecule has 1 heterocycles. The standard InChI is InChI=1S/C28H36FN5O2/c1-20(2)36-17-7-15-30-27(35)25(19-23-8-5-4-6-9-23)33-26-18-21(3)32-28(34-26)31-16-14-22-10-12-24(29)13-11-22/h4-6,8-13,18,20,25H,7,14-17,19H2,1-3H3,(H,30,35)(H2,31,32,33,34)/t25-/m0/s1. The summed E-state index contributed by atoms with van der Waals surface area (Å²) in [7, 11) is 0. The third-order valence-electron chi connectivity index (χ3n) is 5.46. The zero-order valence-corrected chi connectivity index (χ0v) is 21.3. The minimum atomic E-state index is -0.500. The summed E-state index contributed by atoms with van der Waals surface area (Å²) >= 11 is 0. The van der Waals surface area contributed by atoms with Crippen LogP contribution in [-0.2, 0) is 22.4 Å². The van der Waals surface area contributed by atoms with E-state index in [0.717, 1.165) is 23.2 Å². The van der Waals surface area contributed by atoms with Crippen molar-refractivity contribution in [1.29, 1.82) is 0 Å². The molecule has 0 fully saturated rings. The summed E-state index contributed by atoms with van der Waals surface area (Å²) < 4.78 is 18.7. The van der Waals surface area contributed by atoms with Crippen molar-refractivity contribution >= 4 is 17.7 Å². The fourth-order valence-electron chi connectivity index (χ4n) is 3.65. The van der Waals surface area contributed by atoms with E-state index in [2.05, 4.69) is 25.9 Å². The van der Waals surface area contributed by atoms with Gasteiger partial charge in [-0.3, -0.25) is 4.79 Å².